The number of aromatic nitrogens is 2. The highest BCUT2D eigenvalue weighted by molar-refractivity contribution is 7.90. The number of sulfone groups is 1. The second-order valence-electron chi connectivity index (χ2n) is 11.3. The van der Waals surface area contributed by atoms with Crippen LogP contribution in [0, 0.1) is 5.82 Å². The minimum atomic E-state index is -3.59. The van der Waals surface area contributed by atoms with Crippen molar-refractivity contribution in [3.63, 3.8) is 0 Å². The molecular formula is C30H33ClFN5O6S. The van der Waals surface area contributed by atoms with Crippen LogP contribution in [0.4, 0.5) is 14.9 Å². The van der Waals surface area contributed by atoms with Gasteiger partial charge in [-0.3, -0.25) is 18.7 Å². The number of amides is 3. The van der Waals surface area contributed by atoms with Gasteiger partial charge < -0.3 is 15.1 Å². The Bertz CT molecular complexity index is 1830. The largest absolute Gasteiger partial charge is 0.341 e. The molecule has 0 aliphatic carbocycles. The molecule has 2 aliphatic rings. The molecule has 2 aliphatic heterocycles. The van der Waals surface area contributed by atoms with Crippen LogP contribution in [0.1, 0.15) is 31.4 Å². The molecule has 1 aromatic heterocycles. The fraction of sp³-hybridized carbons (Fsp3) is 0.400. The summed E-state index contributed by atoms with van der Waals surface area (Å²) in [6, 6.07) is 10.2. The molecule has 0 unspecified atom stereocenters. The Morgan fingerprint density at radius 3 is 2.45 bits per heavy atom. The lowest BCUT2D eigenvalue weighted by Gasteiger charge is -2.38. The molecule has 1 N–H and O–H groups in total. The molecule has 1 fully saturated rings. The molecular weight excluding hydrogens is 613 g/mol. The van der Waals surface area contributed by atoms with Crippen LogP contribution in [0.3, 0.4) is 0 Å². The molecule has 0 radical (unpaired) electrons. The number of urea groups is 1. The van der Waals surface area contributed by atoms with Crippen LogP contribution in [0.25, 0.3) is 11.1 Å². The molecule has 1 saturated heterocycles. The zero-order chi connectivity index (χ0) is 31.8. The summed E-state index contributed by atoms with van der Waals surface area (Å²) in [6.07, 6.45) is 3.95. The summed E-state index contributed by atoms with van der Waals surface area (Å²) in [5.41, 5.74) is 0.00939. The van der Waals surface area contributed by atoms with Gasteiger partial charge in [0.05, 0.1) is 22.4 Å². The van der Waals surface area contributed by atoms with Crippen molar-refractivity contribution in [3.05, 3.63) is 85.9 Å². The quantitative estimate of drug-likeness (QED) is 0.420. The molecule has 11 nitrogen and oxygen atoms in total. The van der Waals surface area contributed by atoms with Gasteiger partial charge >= 0.3 is 11.7 Å². The van der Waals surface area contributed by atoms with Gasteiger partial charge in [0.25, 0.3) is 5.56 Å². The summed E-state index contributed by atoms with van der Waals surface area (Å²) in [5.74, 6) is -1.67. The maximum atomic E-state index is 14.3. The van der Waals surface area contributed by atoms with E-state index in [1.165, 1.54) is 25.3 Å². The van der Waals surface area contributed by atoms with Crippen molar-refractivity contribution in [1.29, 1.82) is 0 Å². The maximum absolute atomic E-state index is 14.3. The Labute approximate surface area is 258 Å². The first kappa shape index (κ1) is 31.5. The van der Waals surface area contributed by atoms with Gasteiger partial charge in [-0.15, -0.1) is 0 Å². The van der Waals surface area contributed by atoms with E-state index in [1.807, 2.05) is 24.3 Å². The third kappa shape index (κ3) is 6.58. The van der Waals surface area contributed by atoms with Crippen molar-refractivity contribution < 1.29 is 22.4 Å². The number of halogens is 2. The lowest BCUT2D eigenvalue weighted by Crippen LogP contribution is -2.51. The van der Waals surface area contributed by atoms with Crippen LogP contribution in [-0.2, 0) is 27.6 Å². The van der Waals surface area contributed by atoms with Gasteiger partial charge in [0, 0.05) is 49.4 Å². The van der Waals surface area contributed by atoms with E-state index in [0.717, 1.165) is 32.7 Å². The molecule has 44 heavy (non-hydrogen) atoms. The molecule has 2 aromatic carbocycles. The van der Waals surface area contributed by atoms with E-state index in [4.69, 9.17) is 11.6 Å². The van der Waals surface area contributed by atoms with E-state index in [9.17, 15) is 32.0 Å². The number of carbonyl (C=O) groups excluding carboxylic acids is 2. The minimum absolute atomic E-state index is 0.0110. The Hall–Kier alpha value is -3.97. The number of anilines is 1. The van der Waals surface area contributed by atoms with Gasteiger partial charge in [0.15, 0.2) is 0 Å². The fourth-order valence-electron chi connectivity index (χ4n) is 5.94. The lowest BCUT2D eigenvalue weighted by molar-refractivity contribution is -0.133. The van der Waals surface area contributed by atoms with E-state index < -0.39 is 51.2 Å². The van der Waals surface area contributed by atoms with Gasteiger partial charge in [0.1, 0.15) is 22.2 Å². The zero-order valence-electron chi connectivity index (χ0n) is 24.3. The Balaban J connectivity index is 1.37. The molecule has 14 heteroatoms. The SMILES string of the molecule is C[C@H](CS(C)(=O)=O)n1c(=O)c(-c2cccc(F)c2Cl)cn(CC(=O)N2CCC(N3CCc4ccccc4NC3=O)CC2)c1=O. The predicted octanol–water partition coefficient (Wildman–Crippen LogP) is 3.16. The van der Waals surface area contributed by atoms with Gasteiger partial charge in [0.2, 0.25) is 5.91 Å². The highest BCUT2D eigenvalue weighted by atomic mass is 35.5. The molecule has 0 bridgehead atoms. The number of hydrogen-bond acceptors (Lipinski definition) is 6. The number of rotatable bonds is 7. The number of benzene rings is 2. The van der Waals surface area contributed by atoms with Crippen molar-refractivity contribution in [2.24, 2.45) is 0 Å². The summed E-state index contributed by atoms with van der Waals surface area (Å²) >= 11 is 6.17. The van der Waals surface area contributed by atoms with E-state index in [1.54, 1.807) is 9.80 Å². The van der Waals surface area contributed by atoms with Crippen LogP contribution >= 0.6 is 11.6 Å². The second-order valence-corrected chi connectivity index (χ2v) is 13.9. The third-order valence-electron chi connectivity index (χ3n) is 8.12. The maximum Gasteiger partial charge on any atom is 0.331 e. The predicted molar refractivity (Wildman–Crippen MR) is 165 cm³/mol. The topological polar surface area (TPSA) is 131 Å². The van der Waals surface area contributed by atoms with E-state index in [2.05, 4.69) is 5.32 Å². The smallest absolute Gasteiger partial charge is 0.331 e. The molecule has 234 valence electrons. The summed E-state index contributed by atoms with van der Waals surface area (Å²) in [7, 11) is -3.59. The molecule has 0 spiro atoms. The van der Waals surface area contributed by atoms with Crippen LogP contribution in [0.2, 0.25) is 5.02 Å². The number of fused-ring (bicyclic) bond motifs is 1. The standard InChI is InChI=1S/C30H33ClFN5O6S/c1-19(18-44(2,42)43)37-28(39)23(22-7-5-8-24(32)27(22)31)16-35(30(37)41)17-26(38)34-13-11-21(12-14-34)36-15-10-20-6-3-4-9-25(20)33-29(36)40/h3-9,16,19,21H,10-15,17-18H2,1-2H3,(H,33,40)/t19-/m1/s1. The van der Waals surface area contributed by atoms with Crippen molar-refractivity contribution in [2.75, 3.05) is 37.0 Å². The Morgan fingerprint density at radius 1 is 1.05 bits per heavy atom. The van der Waals surface area contributed by atoms with Gasteiger partial charge in [-0.05, 0) is 43.9 Å². The first-order chi connectivity index (χ1) is 20.8. The van der Waals surface area contributed by atoms with Crippen molar-refractivity contribution >= 4 is 39.1 Å². The minimum Gasteiger partial charge on any atom is -0.341 e. The number of hydrogen-bond donors (Lipinski definition) is 1. The Morgan fingerprint density at radius 2 is 1.75 bits per heavy atom. The zero-order valence-corrected chi connectivity index (χ0v) is 25.9. The third-order valence-corrected chi connectivity index (χ3v) is 9.59. The molecule has 1 atom stereocenters. The van der Waals surface area contributed by atoms with Crippen LogP contribution in [-0.4, -0.2) is 77.0 Å². The second kappa shape index (κ2) is 12.6. The summed E-state index contributed by atoms with van der Waals surface area (Å²) in [6.45, 7) is 2.23. The van der Waals surface area contributed by atoms with Gasteiger partial charge in [-0.2, -0.15) is 0 Å². The number of likely N-dealkylation sites (tertiary alicyclic amines) is 1. The highest BCUT2D eigenvalue weighted by Gasteiger charge is 2.32. The lowest BCUT2D eigenvalue weighted by atomic mass is 10.0. The number of nitrogens with zero attached hydrogens (tertiary/aromatic N) is 4. The first-order valence-corrected chi connectivity index (χ1v) is 16.7. The fourth-order valence-corrected chi connectivity index (χ4v) is 7.20. The molecule has 5 rings (SSSR count). The van der Waals surface area contributed by atoms with Crippen LogP contribution < -0.4 is 16.6 Å². The van der Waals surface area contributed by atoms with Gasteiger partial charge in [-0.1, -0.05) is 41.9 Å². The van der Waals surface area contributed by atoms with Crippen LogP contribution in [0.5, 0.6) is 0 Å². The van der Waals surface area contributed by atoms with Gasteiger partial charge in [-0.25, -0.2) is 22.4 Å². The monoisotopic (exact) mass is 645 g/mol. The van der Waals surface area contributed by atoms with Crippen LogP contribution in [0.15, 0.2) is 58.3 Å². The molecule has 3 aromatic rings. The normalized spacial score (nSPS) is 16.7. The van der Waals surface area contributed by atoms with Crippen molar-refractivity contribution in [1.82, 2.24) is 18.9 Å². The van der Waals surface area contributed by atoms with E-state index in [0.29, 0.717) is 38.9 Å². The molecule has 0 saturated carbocycles. The summed E-state index contributed by atoms with van der Waals surface area (Å²) in [4.78, 5) is 56.8. The number of piperidine rings is 1. The Kier molecular flexibility index (Phi) is 8.98. The number of para-hydroxylation sites is 1. The van der Waals surface area contributed by atoms with Crippen molar-refractivity contribution in [3.8, 4) is 11.1 Å². The average molecular weight is 646 g/mol. The summed E-state index contributed by atoms with van der Waals surface area (Å²) < 4.78 is 40.1. The highest BCUT2D eigenvalue weighted by Crippen LogP contribution is 2.28. The average Bonchev–Trinajstić information content (AvgIpc) is 3.13. The van der Waals surface area contributed by atoms with Crippen molar-refractivity contribution in [2.45, 2.75) is 44.8 Å². The number of carbonyl (C=O) groups is 2. The summed E-state index contributed by atoms with van der Waals surface area (Å²) in [5, 5.41) is 2.63. The molecule has 3 amide bonds. The first-order valence-electron chi connectivity index (χ1n) is 14.3. The van der Waals surface area contributed by atoms with E-state index in [-0.39, 0.29) is 28.2 Å². The molecule has 3 heterocycles. The number of nitrogens with one attached hydrogen (secondary N) is 1. The van der Waals surface area contributed by atoms with E-state index >= 15 is 0 Å².